The maximum Gasteiger partial charge on any atom is 0.243 e. The number of benzene rings is 1. The summed E-state index contributed by atoms with van der Waals surface area (Å²) >= 11 is 0. The third-order valence-electron chi connectivity index (χ3n) is 6.43. The molecule has 0 radical (unpaired) electrons. The van der Waals surface area contributed by atoms with Crippen molar-refractivity contribution >= 4 is 22.7 Å². The summed E-state index contributed by atoms with van der Waals surface area (Å²) in [6, 6.07) is 5.68. The van der Waals surface area contributed by atoms with Gasteiger partial charge in [-0.15, -0.1) is 0 Å². The summed E-state index contributed by atoms with van der Waals surface area (Å²) in [5.74, 6) is 0.984. The molecule has 1 aliphatic carbocycles. The van der Waals surface area contributed by atoms with Gasteiger partial charge in [-0.1, -0.05) is 12.8 Å². The Morgan fingerprint density at radius 2 is 2.11 bits per heavy atom. The van der Waals surface area contributed by atoms with Gasteiger partial charge in [0.1, 0.15) is 11.8 Å². The molecule has 150 valence electrons. The lowest BCUT2D eigenvalue weighted by Gasteiger charge is -2.55. The van der Waals surface area contributed by atoms with Crippen LogP contribution in [0.5, 0.6) is 5.75 Å². The van der Waals surface area contributed by atoms with Crippen molar-refractivity contribution in [2.45, 2.75) is 58.0 Å². The van der Waals surface area contributed by atoms with Crippen molar-refractivity contribution in [3.63, 3.8) is 0 Å². The number of aromatic nitrogens is 1. The van der Waals surface area contributed by atoms with Gasteiger partial charge in [0.25, 0.3) is 0 Å². The molecule has 1 saturated carbocycles. The molecule has 1 unspecified atom stereocenters. The van der Waals surface area contributed by atoms with Crippen molar-refractivity contribution in [3.05, 3.63) is 30.0 Å². The van der Waals surface area contributed by atoms with E-state index in [0.29, 0.717) is 6.54 Å². The van der Waals surface area contributed by atoms with Gasteiger partial charge in [0.2, 0.25) is 11.8 Å². The minimum absolute atomic E-state index is 0.00683. The fourth-order valence-corrected chi connectivity index (χ4v) is 5.00. The van der Waals surface area contributed by atoms with Crippen LogP contribution < -0.4 is 10.1 Å². The van der Waals surface area contributed by atoms with E-state index in [1.807, 2.05) is 38.2 Å². The molecule has 2 fully saturated rings. The molecule has 0 bridgehead atoms. The summed E-state index contributed by atoms with van der Waals surface area (Å²) in [6.45, 7) is 4.52. The Labute approximate surface area is 165 Å². The average molecular weight is 383 g/mol. The minimum Gasteiger partial charge on any atom is -0.497 e. The predicted octanol–water partition coefficient (Wildman–Crippen LogP) is 3.01. The fourth-order valence-electron chi connectivity index (χ4n) is 5.00. The average Bonchev–Trinajstić information content (AvgIpc) is 3.33. The molecule has 28 heavy (non-hydrogen) atoms. The van der Waals surface area contributed by atoms with Crippen molar-refractivity contribution < 1.29 is 14.3 Å². The summed E-state index contributed by atoms with van der Waals surface area (Å²) < 4.78 is 5.32. The maximum absolute atomic E-state index is 13.0. The highest BCUT2D eigenvalue weighted by Crippen LogP contribution is 2.52. The van der Waals surface area contributed by atoms with E-state index in [2.05, 4.69) is 10.3 Å². The summed E-state index contributed by atoms with van der Waals surface area (Å²) in [5, 5.41) is 4.21. The van der Waals surface area contributed by atoms with E-state index in [0.717, 1.165) is 54.3 Å². The van der Waals surface area contributed by atoms with E-state index in [9.17, 15) is 9.59 Å². The van der Waals surface area contributed by atoms with Crippen LogP contribution in [0, 0.1) is 5.41 Å². The summed E-state index contributed by atoms with van der Waals surface area (Å²) in [7, 11) is 1.66. The Morgan fingerprint density at radius 1 is 1.36 bits per heavy atom. The first-order valence-corrected chi connectivity index (χ1v) is 10.2. The molecule has 2 aliphatic rings. The Hall–Kier alpha value is -2.50. The number of H-pyrrole nitrogens is 1. The van der Waals surface area contributed by atoms with Crippen molar-refractivity contribution in [3.8, 4) is 5.75 Å². The molecule has 1 atom stereocenters. The van der Waals surface area contributed by atoms with Crippen molar-refractivity contribution in [2.24, 2.45) is 5.41 Å². The van der Waals surface area contributed by atoms with Crippen LogP contribution in [-0.4, -0.2) is 47.4 Å². The SMILES string of the molecule is COc1ccc2[nH]cc(CCNC(=O)C3N(C(C)C)C(=O)C34CCCC4)c2c1. The second-order valence-electron chi connectivity index (χ2n) is 8.34. The van der Waals surface area contributed by atoms with Crippen LogP contribution in [-0.2, 0) is 16.0 Å². The number of hydrogen-bond acceptors (Lipinski definition) is 3. The quantitative estimate of drug-likeness (QED) is 0.753. The molecular weight excluding hydrogens is 354 g/mol. The number of methoxy groups -OCH3 is 1. The minimum atomic E-state index is -0.442. The topological polar surface area (TPSA) is 74.4 Å². The molecule has 1 aromatic carbocycles. The molecule has 1 spiro atoms. The van der Waals surface area contributed by atoms with Crippen LogP contribution in [0.15, 0.2) is 24.4 Å². The highest BCUT2D eigenvalue weighted by molar-refractivity contribution is 6.02. The zero-order chi connectivity index (χ0) is 19.9. The van der Waals surface area contributed by atoms with E-state index >= 15 is 0 Å². The first-order valence-electron chi connectivity index (χ1n) is 10.2. The lowest BCUT2D eigenvalue weighted by atomic mass is 9.68. The molecule has 2 aromatic rings. The molecule has 2 heterocycles. The second-order valence-corrected chi connectivity index (χ2v) is 8.34. The number of amides is 2. The van der Waals surface area contributed by atoms with Crippen molar-refractivity contribution in [1.29, 1.82) is 0 Å². The summed E-state index contributed by atoms with van der Waals surface area (Å²) in [5.41, 5.74) is 1.76. The van der Waals surface area contributed by atoms with Gasteiger partial charge in [0.05, 0.1) is 12.5 Å². The number of fused-ring (bicyclic) bond motifs is 1. The molecular formula is C22H29N3O3. The van der Waals surface area contributed by atoms with Crippen molar-refractivity contribution in [2.75, 3.05) is 13.7 Å². The predicted molar refractivity (Wildman–Crippen MR) is 108 cm³/mol. The number of likely N-dealkylation sites (tertiary alicyclic amines) is 1. The van der Waals surface area contributed by atoms with E-state index in [4.69, 9.17) is 4.74 Å². The molecule has 1 saturated heterocycles. The number of hydrogen-bond donors (Lipinski definition) is 2. The van der Waals surface area contributed by atoms with Crippen LogP contribution >= 0.6 is 0 Å². The number of rotatable bonds is 6. The number of carbonyl (C=O) groups excluding carboxylic acids is 2. The highest BCUT2D eigenvalue weighted by atomic mass is 16.5. The number of ether oxygens (including phenoxy) is 1. The Kier molecular flexibility index (Phi) is 4.81. The number of nitrogens with one attached hydrogen (secondary N) is 2. The molecule has 6 heteroatoms. The van der Waals surface area contributed by atoms with Crippen molar-refractivity contribution in [1.82, 2.24) is 15.2 Å². The highest BCUT2D eigenvalue weighted by Gasteiger charge is 2.64. The number of carbonyl (C=O) groups is 2. The van der Waals surface area contributed by atoms with Crippen LogP contribution in [0.4, 0.5) is 0 Å². The van der Waals surface area contributed by atoms with Crippen LogP contribution in [0.2, 0.25) is 0 Å². The first-order chi connectivity index (χ1) is 13.5. The summed E-state index contributed by atoms with van der Waals surface area (Å²) in [4.78, 5) is 30.8. The smallest absolute Gasteiger partial charge is 0.243 e. The van der Waals surface area contributed by atoms with Crippen LogP contribution in [0.25, 0.3) is 10.9 Å². The number of β-lactam (4-membered cyclic amide) rings is 1. The zero-order valence-corrected chi connectivity index (χ0v) is 16.9. The van der Waals surface area contributed by atoms with Gasteiger partial charge in [-0.05, 0) is 56.9 Å². The summed E-state index contributed by atoms with van der Waals surface area (Å²) in [6.07, 6.45) is 6.48. The van der Waals surface area contributed by atoms with Gasteiger partial charge in [-0.2, -0.15) is 0 Å². The largest absolute Gasteiger partial charge is 0.497 e. The molecule has 2 amide bonds. The van der Waals surface area contributed by atoms with Crippen LogP contribution in [0.1, 0.15) is 45.1 Å². The van der Waals surface area contributed by atoms with Gasteiger partial charge in [-0.25, -0.2) is 0 Å². The zero-order valence-electron chi connectivity index (χ0n) is 16.9. The van der Waals surface area contributed by atoms with Gasteiger partial charge in [0, 0.05) is 29.7 Å². The molecule has 6 nitrogen and oxygen atoms in total. The Morgan fingerprint density at radius 3 is 2.79 bits per heavy atom. The lowest BCUT2D eigenvalue weighted by Crippen LogP contribution is -2.74. The Bertz CT molecular complexity index is 896. The van der Waals surface area contributed by atoms with E-state index in [1.54, 1.807) is 12.0 Å². The number of aromatic amines is 1. The second kappa shape index (κ2) is 7.15. The van der Waals surface area contributed by atoms with Crippen LogP contribution in [0.3, 0.4) is 0 Å². The molecule has 1 aromatic heterocycles. The molecule has 1 aliphatic heterocycles. The fraction of sp³-hybridized carbons (Fsp3) is 0.545. The third-order valence-corrected chi connectivity index (χ3v) is 6.43. The van der Waals surface area contributed by atoms with E-state index in [-0.39, 0.29) is 23.9 Å². The van der Waals surface area contributed by atoms with Gasteiger partial charge >= 0.3 is 0 Å². The normalized spacial score (nSPS) is 20.8. The maximum atomic E-state index is 13.0. The Balaban J connectivity index is 1.43. The van der Waals surface area contributed by atoms with E-state index in [1.165, 1.54) is 0 Å². The monoisotopic (exact) mass is 383 g/mol. The van der Waals surface area contributed by atoms with Gasteiger partial charge in [-0.3, -0.25) is 9.59 Å². The standard InChI is InChI=1S/C22H29N3O3/c1-14(2)25-19(22(21(25)27)9-4-5-10-22)20(26)23-11-8-15-13-24-18-7-6-16(28-3)12-17(15)18/h6-7,12-14,19,24H,4-5,8-11H2,1-3H3,(H,23,26). The number of nitrogens with zero attached hydrogens (tertiary/aromatic N) is 1. The first kappa shape index (κ1) is 18.8. The van der Waals surface area contributed by atoms with Gasteiger partial charge in [0.15, 0.2) is 0 Å². The van der Waals surface area contributed by atoms with Gasteiger partial charge < -0.3 is 19.9 Å². The van der Waals surface area contributed by atoms with E-state index < -0.39 is 5.41 Å². The lowest BCUT2D eigenvalue weighted by molar-refractivity contribution is -0.181. The third kappa shape index (κ3) is 2.86. The molecule has 4 rings (SSSR count). The molecule has 2 N–H and O–H groups in total.